The minimum absolute atomic E-state index is 0.0549. The van der Waals surface area contributed by atoms with Crippen molar-refractivity contribution in [3.8, 4) is 0 Å². The lowest BCUT2D eigenvalue weighted by Gasteiger charge is -2.23. The van der Waals surface area contributed by atoms with Gasteiger partial charge in [0.15, 0.2) is 0 Å². The van der Waals surface area contributed by atoms with Gasteiger partial charge in [-0.1, -0.05) is 34.1 Å². The summed E-state index contributed by atoms with van der Waals surface area (Å²) in [6, 6.07) is 19.9. The smallest absolute Gasteiger partial charge is 0.264 e. The highest BCUT2D eigenvalue weighted by Gasteiger charge is 2.34. The second kappa shape index (κ2) is 7.50. The molecule has 0 saturated carbocycles. The van der Waals surface area contributed by atoms with E-state index >= 15 is 0 Å². The molecule has 0 fully saturated rings. The molecule has 1 atom stereocenters. The highest BCUT2D eigenvalue weighted by Crippen LogP contribution is 2.37. The molecule has 0 radical (unpaired) electrons. The van der Waals surface area contributed by atoms with Gasteiger partial charge in [0.05, 0.1) is 10.6 Å². The number of nitrogens with zero attached hydrogens (tertiary/aromatic N) is 2. The van der Waals surface area contributed by atoms with Crippen LogP contribution in [0, 0.1) is 0 Å². The first-order chi connectivity index (χ1) is 14.9. The van der Waals surface area contributed by atoms with E-state index in [0.717, 1.165) is 27.7 Å². The van der Waals surface area contributed by atoms with E-state index in [0.29, 0.717) is 24.2 Å². The van der Waals surface area contributed by atoms with Crippen molar-refractivity contribution in [2.75, 3.05) is 15.7 Å². The summed E-state index contributed by atoms with van der Waals surface area (Å²) >= 11 is 3.50. The van der Waals surface area contributed by atoms with Crippen molar-refractivity contribution in [3.63, 3.8) is 0 Å². The zero-order valence-corrected chi connectivity index (χ0v) is 19.4. The maximum Gasteiger partial charge on any atom is 0.264 e. The first kappa shape index (κ1) is 20.3. The molecule has 2 heterocycles. The molecule has 0 bridgehead atoms. The molecular formula is C24H21BrN2O3S. The predicted octanol–water partition coefficient (Wildman–Crippen LogP) is 4.79. The number of sulfonamides is 1. The average molecular weight is 497 g/mol. The standard InChI is InChI=1S/C24H21BrN2O3S/c1-16-13-19-15-20(25)8-10-23(19)27(16)24(28)18-7-9-22-17(14-18)11-12-26(22)31(29,30)21-5-3-2-4-6-21/h2-10,14-16H,11-13H2,1H3/t16-/m0/s1. The van der Waals surface area contributed by atoms with Gasteiger partial charge in [-0.2, -0.15) is 0 Å². The van der Waals surface area contributed by atoms with Crippen molar-refractivity contribution in [3.05, 3.63) is 87.9 Å². The molecule has 31 heavy (non-hydrogen) atoms. The van der Waals surface area contributed by atoms with Crippen LogP contribution in [0.1, 0.15) is 28.4 Å². The topological polar surface area (TPSA) is 57.7 Å². The van der Waals surface area contributed by atoms with Crippen molar-refractivity contribution >= 4 is 43.2 Å². The maximum absolute atomic E-state index is 13.4. The fourth-order valence-electron chi connectivity index (χ4n) is 4.52. The molecule has 0 aromatic heterocycles. The van der Waals surface area contributed by atoms with Crippen LogP contribution in [0.15, 0.2) is 76.1 Å². The van der Waals surface area contributed by atoms with Crippen LogP contribution >= 0.6 is 15.9 Å². The van der Waals surface area contributed by atoms with Crippen LogP contribution in [0.25, 0.3) is 0 Å². The van der Waals surface area contributed by atoms with Crippen LogP contribution in [0.5, 0.6) is 0 Å². The molecule has 0 unspecified atom stereocenters. The fraction of sp³-hybridized carbons (Fsp3) is 0.208. The molecule has 0 saturated heterocycles. The Morgan fingerprint density at radius 3 is 2.48 bits per heavy atom. The predicted molar refractivity (Wildman–Crippen MR) is 125 cm³/mol. The van der Waals surface area contributed by atoms with Crippen LogP contribution in [0.2, 0.25) is 0 Å². The largest absolute Gasteiger partial charge is 0.305 e. The first-order valence-corrected chi connectivity index (χ1v) is 12.4. The van der Waals surface area contributed by atoms with Crippen molar-refractivity contribution in [2.24, 2.45) is 0 Å². The number of benzene rings is 3. The van der Waals surface area contributed by atoms with Gasteiger partial charge in [-0.15, -0.1) is 0 Å². The Balaban J connectivity index is 1.47. The molecule has 0 N–H and O–H groups in total. The quantitative estimate of drug-likeness (QED) is 0.523. The second-order valence-corrected chi connectivity index (χ2v) is 10.8. The normalized spacial score (nSPS) is 17.5. The molecule has 1 amide bonds. The minimum atomic E-state index is -3.62. The number of hydrogen-bond donors (Lipinski definition) is 0. The highest BCUT2D eigenvalue weighted by atomic mass is 79.9. The summed E-state index contributed by atoms with van der Waals surface area (Å²) in [5, 5.41) is 0. The number of amides is 1. The maximum atomic E-state index is 13.4. The van der Waals surface area contributed by atoms with Crippen molar-refractivity contribution in [1.82, 2.24) is 0 Å². The van der Waals surface area contributed by atoms with Crippen molar-refractivity contribution in [1.29, 1.82) is 0 Å². The molecule has 7 heteroatoms. The van der Waals surface area contributed by atoms with Gasteiger partial charge in [0.1, 0.15) is 0 Å². The van der Waals surface area contributed by atoms with Crippen LogP contribution < -0.4 is 9.21 Å². The van der Waals surface area contributed by atoms with Gasteiger partial charge in [-0.25, -0.2) is 8.42 Å². The summed E-state index contributed by atoms with van der Waals surface area (Å²) in [7, 11) is -3.62. The van der Waals surface area contributed by atoms with E-state index in [1.54, 1.807) is 42.5 Å². The lowest BCUT2D eigenvalue weighted by atomic mass is 10.1. The second-order valence-electron chi connectivity index (χ2n) is 7.99. The zero-order chi connectivity index (χ0) is 21.8. The molecule has 2 aliphatic heterocycles. The third-order valence-electron chi connectivity index (χ3n) is 5.99. The van der Waals surface area contributed by atoms with Crippen molar-refractivity contribution in [2.45, 2.75) is 30.7 Å². The third-order valence-corrected chi connectivity index (χ3v) is 8.31. The first-order valence-electron chi connectivity index (χ1n) is 10.2. The number of halogens is 1. The number of anilines is 2. The molecule has 5 rings (SSSR count). The van der Waals surface area contributed by atoms with Gasteiger partial charge in [0, 0.05) is 28.3 Å². The molecule has 5 nitrogen and oxygen atoms in total. The summed E-state index contributed by atoms with van der Waals surface area (Å²) in [6.45, 7) is 2.43. The number of carbonyl (C=O) groups is 1. The van der Waals surface area contributed by atoms with Gasteiger partial charge in [-0.05, 0) is 79.4 Å². The van der Waals surface area contributed by atoms with E-state index in [1.807, 2.05) is 30.0 Å². The summed E-state index contributed by atoms with van der Waals surface area (Å²) in [5.74, 6) is -0.0549. The molecule has 0 aliphatic carbocycles. The summed E-state index contributed by atoms with van der Waals surface area (Å²) in [4.78, 5) is 15.5. The Morgan fingerprint density at radius 2 is 1.71 bits per heavy atom. The van der Waals surface area contributed by atoms with Crippen LogP contribution in [-0.2, 0) is 22.9 Å². The molecule has 3 aromatic rings. The SMILES string of the molecule is C[C@H]1Cc2cc(Br)ccc2N1C(=O)c1ccc2c(c1)CCN2S(=O)(=O)c1ccccc1. The van der Waals surface area contributed by atoms with Gasteiger partial charge in [-0.3, -0.25) is 9.10 Å². The molecule has 3 aromatic carbocycles. The Kier molecular flexibility index (Phi) is 4.90. The Labute approximate surface area is 190 Å². The van der Waals surface area contributed by atoms with E-state index in [9.17, 15) is 13.2 Å². The highest BCUT2D eigenvalue weighted by molar-refractivity contribution is 9.10. The van der Waals surface area contributed by atoms with Crippen LogP contribution in [-0.4, -0.2) is 26.9 Å². The molecule has 2 aliphatic rings. The van der Waals surface area contributed by atoms with E-state index in [1.165, 1.54) is 4.31 Å². The van der Waals surface area contributed by atoms with Crippen molar-refractivity contribution < 1.29 is 13.2 Å². The summed E-state index contributed by atoms with van der Waals surface area (Å²) < 4.78 is 28.6. The average Bonchev–Trinajstić information content (AvgIpc) is 3.33. The van der Waals surface area contributed by atoms with Gasteiger partial charge in [0.25, 0.3) is 15.9 Å². The Hall–Kier alpha value is -2.64. The van der Waals surface area contributed by atoms with E-state index in [4.69, 9.17) is 0 Å². The lowest BCUT2D eigenvalue weighted by molar-refractivity contribution is 0.0981. The number of carbonyl (C=O) groups excluding carboxylic acids is 1. The fourth-order valence-corrected chi connectivity index (χ4v) is 6.45. The van der Waals surface area contributed by atoms with E-state index < -0.39 is 10.0 Å². The van der Waals surface area contributed by atoms with Gasteiger partial charge < -0.3 is 4.90 Å². The monoisotopic (exact) mass is 496 g/mol. The van der Waals surface area contributed by atoms with Crippen LogP contribution in [0.4, 0.5) is 11.4 Å². The summed E-state index contributed by atoms with van der Waals surface area (Å²) in [5.41, 5.74) is 4.21. The van der Waals surface area contributed by atoms with E-state index in [-0.39, 0.29) is 16.8 Å². The third kappa shape index (κ3) is 3.36. The zero-order valence-electron chi connectivity index (χ0n) is 17.0. The van der Waals surface area contributed by atoms with Crippen LogP contribution in [0.3, 0.4) is 0 Å². The molecule has 0 spiro atoms. The lowest BCUT2D eigenvalue weighted by Crippen LogP contribution is -2.35. The Morgan fingerprint density at radius 1 is 0.968 bits per heavy atom. The Bertz CT molecular complexity index is 1290. The van der Waals surface area contributed by atoms with E-state index in [2.05, 4.69) is 22.0 Å². The molecular weight excluding hydrogens is 476 g/mol. The molecule has 158 valence electrons. The van der Waals surface area contributed by atoms with Gasteiger partial charge >= 0.3 is 0 Å². The number of fused-ring (bicyclic) bond motifs is 2. The summed E-state index contributed by atoms with van der Waals surface area (Å²) in [6.07, 6.45) is 1.40. The number of rotatable bonds is 3. The van der Waals surface area contributed by atoms with Gasteiger partial charge in [0.2, 0.25) is 0 Å². The number of hydrogen-bond acceptors (Lipinski definition) is 3. The minimum Gasteiger partial charge on any atom is -0.305 e.